The van der Waals surface area contributed by atoms with Crippen molar-refractivity contribution in [3.8, 4) is 0 Å². The average Bonchev–Trinajstić information content (AvgIpc) is 2.73. The molecule has 0 bridgehead atoms. The van der Waals surface area contributed by atoms with E-state index in [2.05, 4.69) is 33.1 Å². The summed E-state index contributed by atoms with van der Waals surface area (Å²) >= 11 is 0. The van der Waals surface area contributed by atoms with E-state index in [0.717, 1.165) is 25.9 Å². The molecule has 0 aliphatic carbocycles. The number of hydrogen-bond acceptors (Lipinski definition) is 7. The minimum absolute atomic E-state index is 0.0318. The average molecular weight is 430 g/mol. The monoisotopic (exact) mass is 430 g/mol. The van der Waals surface area contributed by atoms with Crippen LogP contribution in [0.1, 0.15) is 26.2 Å². The van der Waals surface area contributed by atoms with Crippen LogP contribution in [0.5, 0.6) is 0 Å². The van der Waals surface area contributed by atoms with Crippen LogP contribution in [0, 0.1) is 27.9 Å². The van der Waals surface area contributed by atoms with Gasteiger partial charge in [0.1, 0.15) is 12.0 Å². The molecule has 5 unspecified atom stereocenters. The van der Waals surface area contributed by atoms with Crippen molar-refractivity contribution < 1.29 is 19.3 Å². The SMILES string of the molecule is CC1CCCN(C2NC(=O)C3C(NC(=O)CC3C(=O)Nc3ccccc3[N+](=O)[O-])N2)C1. The predicted molar refractivity (Wildman–Crippen MR) is 110 cm³/mol. The quantitative estimate of drug-likeness (QED) is 0.398. The Kier molecular flexibility index (Phi) is 5.88. The van der Waals surface area contributed by atoms with Gasteiger partial charge in [0.05, 0.1) is 22.9 Å². The highest BCUT2D eigenvalue weighted by molar-refractivity contribution is 6.01. The summed E-state index contributed by atoms with van der Waals surface area (Å²) in [4.78, 5) is 51.1. The van der Waals surface area contributed by atoms with Gasteiger partial charge in [-0.2, -0.15) is 0 Å². The van der Waals surface area contributed by atoms with Gasteiger partial charge in [-0.05, 0) is 24.8 Å². The molecule has 0 radical (unpaired) electrons. The van der Waals surface area contributed by atoms with E-state index in [1.54, 1.807) is 6.07 Å². The summed E-state index contributed by atoms with van der Waals surface area (Å²) in [6, 6.07) is 5.77. The highest BCUT2D eigenvalue weighted by Gasteiger charge is 2.49. The summed E-state index contributed by atoms with van der Waals surface area (Å²) in [5.74, 6) is -2.54. The zero-order valence-corrected chi connectivity index (χ0v) is 17.2. The minimum atomic E-state index is -0.952. The zero-order valence-electron chi connectivity index (χ0n) is 17.2. The first-order valence-corrected chi connectivity index (χ1v) is 10.5. The standard InChI is InChI=1S/C20H26N6O5/c1-11-5-4-8-25(10-11)20-23-17-16(19(29)24-20)12(9-15(27)22-17)18(28)21-13-6-2-3-7-14(13)26(30)31/h2-3,6-7,11-12,16-17,20,23H,4-5,8-10H2,1H3,(H,21,28)(H,22,27)(H,24,29). The number of rotatable bonds is 4. The lowest BCUT2D eigenvalue weighted by atomic mass is 9.81. The van der Waals surface area contributed by atoms with Gasteiger partial charge in [-0.25, -0.2) is 0 Å². The van der Waals surface area contributed by atoms with Crippen molar-refractivity contribution in [3.63, 3.8) is 0 Å². The number of likely N-dealkylation sites (tertiary alicyclic amines) is 1. The van der Waals surface area contributed by atoms with Gasteiger partial charge in [-0.15, -0.1) is 0 Å². The molecule has 5 atom stereocenters. The molecular weight excluding hydrogens is 404 g/mol. The summed E-state index contributed by atoms with van der Waals surface area (Å²) < 4.78 is 0. The molecule has 11 nitrogen and oxygen atoms in total. The molecule has 0 spiro atoms. The normalized spacial score (nSPS) is 31.2. The summed E-state index contributed by atoms with van der Waals surface area (Å²) in [7, 11) is 0. The molecule has 166 valence electrons. The third-order valence-corrected chi connectivity index (χ3v) is 6.18. The van der Waals surface area contributed by atoms with E-state index >= 15 is 0 Å². The second-order valence-corrected chi connectivity index (χ2v) is 8.47. The van der Waals surface area contributed by atoms with Crippen LogP contribution in [0.4, 0.5) is 11.4 Å². The number of anilines is 1. The van der Waals surface area contributed by atoms with E-state index in [1.807, 2.05) is 0 Å². The molecule has 31 heavy (non-hydrogen) atoms. The lowest BCUT2D eigenvalue weighted by molar-refractivity contribution is -0.383. The fourth-order valence-electron chi connectivity index (χ4n) is 4.68. The number of para-hydroxylation sites is 2. The largest absolute Gasteiger partial charge is 0.340 e. The highest BCUT2D eigenvalue weighted by atomic mass is 16.6. The first kappa shape index (κ1) is 21.2. The molecule has 11 heteroatoms. The van der Waals surface area contributed by atoms with Crippen molar-refractivity contribution in [1.29, 1.82) is 0 Å². The molecule has 3 fully saturated rings. The predicted octanol–water partition coefficient (Wildman–Crippen LogP) is 0.347. The number of amides is 3. The number of carbonyl (C=O) groups excluding carboxylic acids is 3. The topological polar surface area (TPSA) is 146 Å². The lowest BCUT2D eigenvalue weighted by Gasteiger charge is -2.47. The van der Waals surface area contributed by atoms with E-state index in [-0.39, 0.29) is 29.6 Å². The molecular formula is C20H26N6O5. The van der Waals surface area contributed by atoms with Gasteiger partial charge in [-0.1, -0.05) is 19.1 Å². The van der Waals surface area contributed by atoms with Gasteiger partial charge in [0.15, 0.2) is 0 Å². The van der Waals surface area contributed by atoms with Crippen molar-refractivity contribution in [3.05, 3.63) is 34.4 Å². The van der Waals surface area contributed by atoms with Crippen LogP contribution in [0.15, 0.2) is 24.3 Å². The fraction of sp³-hybridized carbons (Fsp3) is 0.550. The van der Waals surface area contributed by atoms with Crippen molar-refractivity contribution >= 4 is 29.1 Å². The molecule has 3 amide bonds. The second-order valence-electron chi connectivity index (χ2n) is 8.47. The van der Waals surface area contributed by atoms with Gasteiger partial charge >= 0.3 is 0 Å². The number of piperidine rings is 2. The first-order valence-electron chi connectivity index (χ1n) is 10.5. The van der Waals surface area contributed by atoms with Crippen LogP contribution >= 0.6 is 0 Å². The van der Waals surface area contributed by atoms with Gasteiger partial charge in [-0.3, -0.25) is 34.7 Å². The molecule has 4 N–H and O–H groups in total. The van der Waals surface area contributed by atoms with E-state index in [4.69, 9.17) is 0 Å². The molecule has 3 aliphatic rings. The maximum atomic E-state index is 13.0. The zero-order chi connectivity index (χ0) is 22.1. The van der Waals surface area contributed by atoms with Crippen LogP contribution < -0.4 is 21.3 Å². The Hall–Kier alpha value is -3.05. The molecule has 3 saturated heterocycles. The summed E-state index contributed by atoms with van der Waals surface area (Å²) in [6.45, 7) is 3.81. The van der Waals surface area contributed by atoms with Crippen molar-refractivity contribution in [2.24, 2.45) is 17.8 Å². The van der Waals surface area contributed by atoms with Crippen LogP contribution in [-0.4, -0.2) is 53.1 Å². The number of nitro benzene ring substituents is 1. The Labute approximate surface area is 179 Å². The maximum absolute atomic E-state index is 13.0. The van der Waals surface area contributed by atoms with Crippen molar-refractivity contribution in [2.75, 3.05) is 18.4 Å². The van der Waals surface area contributed by atoms with Gasteiger partial charge in [0.25, 0.3) is 5.69 Å². The molecule has 3 heterocycles. The Balaban J connectivity index is 1.51. The van der Waals surface area contributed by atoms with Crippen LogP contribution in [-0.2, 0) is 14.4 Å². The molecule has 1 aromatic carbocycles. The lowest BCUT2D eigenvalue weighted by Crippen LogP contribution is -2.74. The number of hydrogen-bond donors (Lipinski definition) is 4. The smallest absolute Gasteiger partial charge is 0.292 e. The number of carbonyl (C=O) groups is 3. The van der Waals surface area contributed by atoms with Crippen LogP contribution in [0.3, 0.4) is 0 Å². The number of fused-ring (bicyclic) bond motifs is 1. The number of benzene rings is 1. The molecule has 1 aromatic rings. The Morgan fingerprint density at radius 2 is 2.03 bits per heavy atom. The summed E-state index contributed by atoms with van der Waals surface area (Å²) in [5, 5.41) is 22.7. The Morgan fingerprint density at radius 1 is 1.26 bits per heavy atom. The van der Waals surface area contributed by atoms with E-state index in [0.29, 0.717) is 5.92 Å². The molecule has 3 aliphatic heterocycles. The number of nitro groups is 1. The number of nitrogens with one attached hydrogen (secondary N) is 4. The summed E-state index contributed by atoms with van der Waals surface area (Å²) in [5.41, 5.74) is -0.220. The van der Waals surface area contributed by atoms with Crippen molar-refractivity contribution in [2.45, 2.75) is 38.6 Å². The van der Waals surface area contributed by atoms with Crippen molar-refractivity contribution in [1.82, 2.24) is 20.9 Å². The number of nitrogens with zero attached hydrogens (tertiary/aromatic N) is 2. The van der Waals surface area contributed by atoms with E-state index in [9.17, 15) is 24.5 Å². The Morgan fingerprint density at radius 3 is 2.77 bits per heavy atom. The fourth-order valence-corrected chi connectivity index (χ4v) is 4.68. The van der Waals surface area contributed by atoms with E-state index in [1.165, 1.54) is 18.2 Å². The van der Waals surface area contributed by atoms with Gasteiger partial charge in [0, 0.05) is 25.6 Å². The van der Waals surface area contributed by atoms with Gasteiger partial charge in [0.2, 0.25) is 17.7 Å². The third kappa shape index (κ3) is 4.37. The molecule has 4 rings (SSSR count). The van der Waals surface area contributed by atoms with Gasteiger partial charge < -0.3 is 16.0 Å². The van der Waals surface area contributed by atoms with Crippen LogP contribution in [0.25, 0.3) is 0 Å². The van der Waals surface area contributed by atoms with Crippen LogP contribution in [0.2, 0.25) is 0 Å². The van der Waals surface area contributed by atoms with E-state index < -0.39 is 35.1 Å². The third-order valence-electron chi connectivity index (χ3n) is 6.18. The minimum Gasteiger partial charge on any atom is -0.340 e. The Bertz CT molecular complexity index is 908. The second kappa shape index (κ2) is 8.60. The molecule has 0 aromatic heterocycles. The summed E-state index contributed by atoms with van der Waals surface area (Å²) in [6.07, 6.45) is 0.867. The first-order chi connectivity index (χ1) is 14.8. The molecule has 0 saturated carbocycles. The maximum Gasteiger partial charge on any atom is 0.292 e. The highest BCUT2D eigenvalue weighted by Crippen LogP contribution is 2.30.